The van der Waals surface area contributed by atoms with Crippen molar-refractivity contribution in [2.45, 2.75) is 52.4 Å². The fourth-order valence-corrected chi connectivity index (χ4v) is 2.64. The van der Waals surface area contributed by atoms with Gasteiger partial charge in [-0.05, 0) is 70.2 Å². The van der Waals surface area contributed by atoms with Crippen LogP contribution in [0.4, 0.5) is 0 Å². The van der Waals surface area contributed by atoms with Gasteiger partial charge in [0.15, 0.2) is 0 Å². The van der Waals surface area contributed by atoms with E-state index in [4.69, 9.17) is 12.8 Å². The van der Waals surface area contributed by atoms with Crippen molar-refractivity contribution in [2.75, 3.05) is 0 Å². The van der Waals surface area contributed by atoms with Crippen LogP contribution in [-0.4, -0.2) is 0 Å². The Hall–Kier alpha value is -3.32. The SMILES string of the molecule is C#Cc1cc(C#CC#Cc2cc(C#C)cc(C(C)(C)C)c2)cc(C(C)(C)C)c1. The number of hydrogen-bond donors (Lipinski definition) is 0. The van der Waals surface area contributed by atoms with Gasteiger partial charge in [0, 0.05) is 22.3 Å². The zero-order valence-corrected chi connectivity index (χ0v) is 17.6. The first-order chi connectivity index (χ1) is 13.0. The fraction of sp³-hybridized carbons (Fsp3) is 0.286. The Bertz CT molecular complexity index is 999. The molecular formula is C28H26. The van der Waals surface area contributed by atoms with E-state index in [9.17, 15) is 0 Å². The highest BCUT2D eigenvalue weighted by Gasteiger charge is 2.15. The molecule has 28 heavy (non-hydrogen) atoms. The normalized spacial score (nSPS) is 10.6. The van der Waals surface area contributed by atoms with Gasteiger partial charge in [-0.3, -0.25) is 0 Å². The summed E-state index contributed by atoms with van der Waals surface area (Å²) in [7, 11) is 0. The maximum atomic E-state index is 5.60. The smallest absolute Gasteiger partial charge is 0.0270 e. The molecule has 0 saturated heterocycles. The third-order valence-electron chi connectivity index (χ3n) is 4.41. The van der Waals surface area contributed by atoms with E-state index in [0.717, 1.165) is 33.4 Å². The van der Waals surface area contributed by atoms with Crippen LogP contribution in [0.2, 0.25) is 0 Å². The van der Waals surface area contributed by atoms with Crippen LogP contribution in [0.15, 0.2) is 36.4 Å². The van der Waals surface area contributed by atoms with Crippen molar-refractivity contribution in [3.05, 3.63) is 69.8 Å². The maximum absolute atomic E-state index is 5.60. The van der Waals surface area contributed by atoms with Gasteiger partial charge in [-0.1, -0.05) is 65.2 Å². The van der Waals surface area contributed by atoms with E-state index >= 15 is 0 Å². The van der Waals surface area contributed by atoms with E-state index < -0.39 is 0 Å². The molecule has 2 aromatic rings. The lowest BCUT2D eigenvalue weighted by Crippen LogP contribution is -2.11. The third kappa shape index (κ3) is 5.59. The van der Waals surface area contributed by atoms with Crippen LogP contribution in [0.1, 0.15) is 74.9 Å². The molecule has 0 fully saturated rings. The van der Waals surface area contributed by atoms with Gasteiger partial charge >= 0.3 is 0 Å². The zero-order chi connectivity index (χ0) is 20.9. The summed E-state index contributed by atoms with van der Waals surface area (Å²) in [5.74, 6) is 17.5. The van der Waals surface area contributed by atoms with Crippen molar-refractivity contribution in [3.8, 4) is 48.4 Å². The summed E-state index contributed by atoms with van der Waals surface area (Å²) in [5, 5.41) is 0. The Morgan fingerprint density at radius 2 is 0.857 bits per heavy atom. The van der Waals surface area contributed by atoms with Gasteiger partial charge < -0.3 is 0 Å². The molecule has 0 radical (unpaired) electrons. The van der Waals surface area contributed by atoms with Crippen LogP contribution < -0.4 is 0 Å². The molecule has 0 atom stereocenters. The van der Waals surface area contributed by atoms with Crippen molar-refractivity contribution in [1.29, 1.82) is 0 Å². The first-order valence-electron chi connectivity index (χ1n) is 9.29. The van der Waals surface area contributed by atoms with Gasteiger partial charge in [0.05, 0.1) is 0 Å². The average molecular weight is 363 g/mol. The minimum absolute atomic E-state index is 0.00792. The summed E-state index contributed by atoms with van der Waals surface area (Å²) in [4.78, 5) is 0. The van der Waals surface area contributed by atoms with E-state index in [-0.39, 0.29) is 10.8 Å². The number of rotatable bonds is 0. The first kappa shape index (κ1) is 21.0. The summed E-state index contributed by atoms with van der Waals surface area (Å²) in [6.07, 6.45) is 11.2. The van der Waals surface area contributed by atoms with Crippen LogP contribution in [0.3, 0.4) is 0 Å². The van der Waals surface area contributed by atoms with Gasteiger partial charge in [-0.25, -0.2) is 0 Å². The highest BCUT2D eigenvalue weighted by molar-refractivity contribution is 5.52. The molecule has 2 aromatic carbocycles. The largest absolute Gasteiger partial charge is 0.115 e. The van der Waals surface area contributed by atoms with Gasteiger partial charge in [-0.15, -0.1) is 12.8 Å². The van der Waals surface area contributed by atoms with Crippen LogP contribution in [0.5, 0.6) is 0 Å². The van der Waals surface area contributed by atoms with E-state index in [1.54, 1.807) is 0 Å². The topological polar surface area (TPSA) is 0 Å². The molecule has 0 spiro atoms. The Labute approximate surface area is 170 Å². The molecule has 0 aliphatic rings. The first-order valence-corrected chi connectivity index (χ1v) is 9.29. The number of terminal acetylenes is 2. The Balaban J connectivity index is 2.39. The lowest BCUT2D eigenvalue weighted by Gasteiger charge is -2.19. The van der Waals surface area contributed by atoms with Crippen molar-refractivity contribution >= 4 is 0 Å². The molecule has 0 heteroatoms. The molecule has 0 bridgehead atoms. The molecule has 0 amide bonds. The molecule has 0 aliphatic heterocycles. The third-order valence-corrected chi connectivity index (χ3v) is 4.41. The van der Waals surface area contributed by atoms with Crippen molar-refractivity contribution in [1.82, 2.24) is 0 Å². The summed E-state index contributed by atoms with van der Waals surface area (Å²) >= 11 is 0. The monoisotopic (exact) mass is 362 g/mol. The highest BCUT2D eigenvalue weighted by Crippen LogP contribution is 2.25. The average Bonchev–Trinajstić information content (AvgIpc) is 2.63. The summed E-state index contributed by atoms with van der Waals surface area (Å²) in [5.41, 5.74) is 5.77. The predicted molar refractivity (Wildman–Crippen MR) is 120 cm³/mol. The summed E-state index contributed by atoms with van der Waals surface area (Å²) in [6.45, 7) is 12.9. The molecule has 0 N–H and O–H groups in total. The molecule has 0 saturated carbocycles. The minimum atomic E-state index is 0.00792. The molecule has 2 rings (SSSR count). The second kappa shape index (κ2) is 8.14. The Kier molecular flexibility index (Phi) is 6.10. The lowest BCUT2D eigenvalue weighted by atomic mass is 9.85. The van der Waals surface area contributed by atoms with Gasteiger partial charge in [0.2, 0.25) is 0 Å². The summed E-state index contributed by atoms with van der Waals surface area (Å²) in [6, 6.07) is 12.1. The van der Waals surface area contributed by atoms with Crippen LogP contribution in [0.25, 0.3) is 0 Å². The highest BCUT2D eigenvalue weighted by atomic mass is 14.2. The predicted octanol–water partition coefficient (Wildman–Crippen LogP) is 5.65. The van der Waals surface area contributed by atoms with Crippen LogP contribution >= 0.6 is 0 Å². The van der Waals surface area contributed by atoms with Crippen molar-refractivity contribution < 1.29 is 0 Å². The quantitative estimate of drug-likeness (QED) is 0.532. The van der Waals surface area contributed by atoms with Gasteiger partial charge in [0.1, 0.15) is 0 Å². The van der Waals surface area contributed by atoms with Crippen molar-refractivity contribution in [2.24, 2.45) is 0 Å². The molecule has 138 valence electrons. The van der Waals surface area contributed by atoms with Crippen LogP contribution in [0, 0.1) is 48.4 Å². The van der Waals surface area contributed by atoms with Gasteiger partial charge in [0.25, 0.3) is 0 Å². The molecule has 0 unspecified atom stereocenters. The van der Waals surface area contributed by atoms with E-state index in [2.05, 4.69) is 89.2 Å². The fourth-order valence-electron chi connectivity index (χ4n) is 2.64. The van der Waals surface area contributed by atoms with Crippen molar-refractivity contribution in [3.63, 3.8) is 0 Å². The standard InChI is InChI=1S/C28H26/c1-9-21-15-23(19-25(17-21)27(3,4)5)13-11-12-14-24-16-22(10-2)18-26(20-24)28(6,7)8/h1-2,15-20H,3-8H3. The number of hydrogen-bond acceptors (Lipinski definition) is 0. The maximum Gasteiger partial charge on any atom is 0.0270 e. The summed E-state index contributed by atoms with van der Waals surface area (Å²) < 4.78 is 0. The van der Waals surface area contributed by atoms with E-state index in [1.807, 2.05) is 24.3 Å². The van der Waals surface area contributed by atoms with E-state index in [1.165, 1.54) is 0 Å². The number of benzene rings is 2. The minimum Gasteiger partial charge on any atom is -0.115 e. The van der Waals surface area contributed by atoms with Crippen LogP contribution in [-0.2, 0) is 10.8 Å². The molecular weight excluding hydrogens is 336 g/mol. The zero-order valence-electron chi connectivity index (χ0n) is 17.6. The second-order valence-corrected chi connectivity index (χ2v) is 8.89. The second-order valence-electron chi connectivity index (χ2n) is 8.89. The van der Waals surface area contributed by atoms with E-state index in [0.29, 0.717) is 0 Å². The molecule has 0 nitrogen and oxygen atoms in total. The molecule has 0 aromatic heterocycles. The Morgan fingerprint density at radius 3 is 1.14 bits per heavy atom. The Morgan fingerprint density at radius 1 is 0.536 bits per heavy atom. The lowest BCUT2D eigenvalue weighted by molar-refractivity contribution is 0.589. The van der Waals surface area contributed by atoms with Gasteiger partial charge in [-0.2, -0.15) is 0 Å². The molecule has 0 heterocycles. The molecule has 0 aliphatic carbocycles.